The largest absolute Gasteiger partial charge is 0.452 e. The zero-order chi connectivity index (χ0) is 15.0. The molecule has 0 bridgehead atoms. The molecule has 3 amide bonds. The van der Waals surface area contributed by atoms with Gasteiger partial charge in [-0.05, 0) is 18.6 Å². The molecule has 0 spiro atoms. The molecule has 0 radical (unpaired) electrons. The highest BCUT2D eigenvalue weighted by atomic mass is 35.5. The number of nitrogens with one attached hydrogen (secondary N) is 2. The van der Waals surface area contributed by atoms with Gasteiger partial charge in [-0.1, -0.05) is 30.7 Å². The van der Waals surface area contributed by atoms with E-state index in [9.17, 15) is 14.4 Å². The van der Waals surface area contributed by atoms with Crippen molar-refractivity contribution in [1.29, 1.82) is 0 Å². The maximum atomic E-state index is 11.6. The summed E-state index contributed by atoms with van der Waals surface area (Å²) >= 11 is 5.81. The lowest BCUT2D eigenvalue weighted by Gasteiger charge is -2.07. The van der Waals surface area contributed by atoms with Crippen LogP contribution in [0.3, 0.4) is 0 Å². The van der Waals surface area contributed by atoms with E-state index in [2.05, 4.69) is 5.32 Å². The Kier molecular flexibility index (Phi) is 6.52. The Morgan fingerprint density at radius 1 is 1.25 bits per heavy atom. The van der Waals surface area contributed by atoms with Crippen molar-refractivity contribution < 1.29 is 19.1 Å². The van der Waals surface area contributed by atoms with Crippen LogP contribution in [0.4, 0.5) is 4.79 Å². The number of benzene rings is 1. The summed E-state index contributed by atoms with van der Waals surface area (Å²) in [6.07, 6.45) is 0.753. The van der Waals surface area contributed by atoms with Crippen LogP contribution in [-0.4, -0.2) is 31.1 Å². The molecule has 6 nitrogen and oxygen atoms in total. The lowest BCUT2D eigenvalue weighted by molar-refractivity contribution is -0.123. The van der Waals surface area contributed by atoms with Crippen LogP contribution in [0.2, 0.25) is 5.02 Å². The number of rotatable bonds is 5. The van der Waals surface area contributed by atoms with Crippen molar-refractivity contribution in [2.45, 2.75) is 13.3 Å². The summed E-state index contributed by atoms with van der Waals surface area (Å²) in [4.78, 5) is 34.2. The molecule has 0 atom stereocenters. The fourth-order valence-corrected chi connectivity index (χ4v) is 1.49. The van der Waals surface area contributed by atoms with Gasteiger partial charge in [0.2, 0.25) is 0 Å². The highest BCUT2D eigenvalue weighted by Crippen LogP contribution is 2.15. The SMILES string of the molecule is CCCNC(=O)NC(=O)COC(=O)c1ccccc1Cl. The first-order valence-corrected chi connectivity index (χ1v) is 6.41. The summed E-state index contributed by atoms with van der Waals surface area (Å²) in [5, 5.41) is 4.73. The summed E-state index contributed by atoms with van der Waals surface area (Å²) in [7, 11) is 0. The number of carbonyl (C=O) groups is 3. The molecule has 0 aromatic heterocycles. The third kappa shape index (κ3) is 5.27. The Hall–Kier alpha value is -2.08. The molecule has 20 heavy (non-hydrogen) atoms. The summed E-state index contributed by atoms with van der Waals surface area (Å²) in [5.74, 6) is -1.43. The maximum Gasteiger partial charge on any atom is 0.340 e. The summed E-state index contributed by atoms with van der Waals surface area (Å²) in [5.41, 5.74) is 0.164. The Morgan fingerprint density at radius 3 is 2.60 bits per heavy atom. The molecule has 2 N–H and O–H groups in total. The van der Waals surface area contributed by atoms with Crippen molar-refractivity contribution in [1.82, 2.24) is 10.6 Å². The first-order chi connectivity index (χ1) is 9.54. The summed E-state index contributed by atoms with van der Waals surface area (Å²) in [6, 6.07) is 5.70. The fourth-order valence-electron chi connectivity index (χ4n) is 1.28. The molecule has 1 aromatic carbocycles. The summed E-state index contributed by atoms with van der Waals surface area (Å²) in [6.45, 7) is 1.79. The molecule has 7 heteroatoms. The highest BCUT2D eigenvalue weighted by Gasteiger charge is 2.14. The Balaban J connectivity index is 2.40. The third-order valence-corrected chi connectivity index (χ3v) is 2.55. The van der Waals surface area contributed by atoms with E-state index < -0.39 is 24.5 Å². The number of hydrogen-bond donors (Lipinski definition) is 2. The van der Waals surface area contributed by atoms with Crippen LogP contribution in [0.15, 0.2) is 24.3 Å². The Labute approximate surface area is 121 Å². The number of imide groups is 1. The van der Waals surface area contributed by atoms with Crippen LogP contribution < -0.4 is 10.6 Å². The van der Waals surface area contributed by atoms with Gasteiger partial charge in [-0.3, -0.25) is 10.1 Å². The van der Waals surface area contributed by atoms with E-state index in [1.807, 2.05) is 12.2 Å². The van der Waals surface area contributed by atoms with Crippen molar-refractivity contribution >= 4 is 29.5 Å². The molecule has 0 fully saturated rings. The van der Waals surface area contributed by atoms with Crippen LogP contribution in [0.25, 0.3) is 0 Å². The van der Waals surface area contributed by atoms with Crippen molar-refractivity contribution in [2.24, 2.45) is 0 Å². The van der Waals surface area contributed by atoms with E-state index in [0.717, 1.165) is 6.42 Å². The zero-order valence-electron chi connectivity index (χ0n) is 10.9. The molecule has 0 heterocycles. The van der Waals surface area contributed by atoms with Gasteiger partial charge in [0, 0.05) is 6.54 Å². The molecule has 0 aliphatic carbocycles. The normalized spacial score (nSPS) is 9.70. The molecule has 1 aromatic rings. The predicted molar refractivity (Wildman–Crippen MR) is 73.6 cm³/mol. The van der Waals surface area contributed by atoms with Crippen molar-refractivity contribution in [3.63, 3.8) is 0 Å². The third-order valence-electron chi connectivity index (χ3n) is 2.22. The molecular formula is C13H15ClN2O4. The van der Waals surface area contributed by atoms with Gasteiger partial charge in [0.15, 0.2) is 6.61 Å². The predicted octanol–water partition coefficient (Wildman–Crippen LogP) is 1.73. The van der Waals surface area contributed by atoms with E-state index in [1.165, 1.54) is 12.1 Å². The van der Waals surface area contributed by atoms with Gasteiger partial charge in [0.25, 0.3) is 5.91 Å². The second kappa shape index (κ2) is 8.16. The second-order valence-corrected chi connectivity index (χ2v) is 4.27. The molecule has 0 aliphatic heterocycles. The van der Waals surface area contributed by atoms with E-state index in [0.29, 0.717) is 6.54 Å². The van der Waals surface area contributed by atoms with Gasteiger partial charge >= 0.3 is 12.0 Å². The molecule has 0 aliphatic rings. The van der Waals surface area contributed by atoms with Crippen LogP contribution >= 0.6 is 11.6 Å². The lowest BCUT2D eigenvalue weighted by Crippen LogP contribution is -2.41. The van der Waals surface area contributed by atoms with Gasteiger partial charge in [-0.2, -0.15) is 0 Å². The number of ether oxygens (including phenoxy) is 1. The average molecular weight is 299 g/mol. The number of hydrogen-bond acceptors (Lipinski definition) is 4. The van der Waals surface area contributed by atoms with E-state index >= 15 is 0 Å². The molecule has 0 saturated heterocycles. The number of urea groups is 1. The topological polar surface area (TPSA) is 84.5 Å². The number of amides is 3. The van der Waals surface area contributed by atoms with Crippen LogP contribution in [0, 0.1) is 0 Å². The average Bonchev–Trinajstić information content (AvgIpc) is 2.43. The minimum atomic E-state index is -0.722. The van der Waals surface area contributed by atoms with E-state index in [1.54, 1.807) is 12.1 Å². The van der Waals surface area contributed by atoms with Crippen LogP contribution in [-0.2, 0) is 9.53 Å². The standard InChI is InChI=1S/C13H15ClN2O4/c1-2-7-15-13(19)16-11(17)8-20-12(18)9-5-3-4-6-10(9)14/h3-6H,2,7-8H2,1H3,(H2,15,16,17,19). The van der Waals surface area contributed by atoms with Gasteiger partial charge in [-0.25, -0.2) is 9.59 Å². The van der Waals surface area contributed by atoms with E-state index in [-0.39, 0.29) is 10.6 Å². The molecule has 108 valence electrons. The van der Waals surface area contributed by atoms with Crippen molar-refractivity contribution in [2.75, 3.05) is 13.2 Å². The van der Waals surface area contributed by atoms with Crippen LogP contribution in [0.1, 0.15) is 23.7 Å². The van der Waals surface area contributed by atoms with E-state index in [4.69, 9.17) is 16.3 Å². The molecule has 1 rings (SSSR count). The smallest absolute Gasteiger partial charge is 0.340 e. The molecular weight excluding hydrogens is 284 g/mol. The first-order valence-electron chi connectivity index (χ1n) is 6.04. The maximum absolute atomic E-state index is 11.6. The number of halogens is 1. The van der Waals surface area contributed by atoms with Gasteiger partial charge in [0.1, 0.15) is 0 Å². The first kappa shape index (κ1) is 16.0. The molecule has 0 unspecified atom stereocenters. The minimum absolute atomic E-state index is 0.164. The quantitative estimate of drug-likeness (QED) is 0.811. The lowest BCUT2D eigenvalue weighted by atomic mass is 10.2. The monoisotopic (exact) mass is 298 g/mol. The van der Waals surface area contributed by atoms with Crippen LogP contribution in [0.5, 0.6) is 0 Å². The van der Waals surface area contributed by atoms with Crippen molar-refractivity contribution in [3.8, 4) is 0 Å². The zero-order valence-corrected chi connectivity index (χ0v) is 11.7. The van der Waals surface area contributed by atoms with Gasteiger partial charge in [0.05, 0.1) is 10.6 Å². The second-order valence-electron chi connectivity index (χ2n) is 3.86. The number of carbonyl (C=O) groups excluding carboxylic acids is 3. The number of esters is 1. The fraction of sp³-hybridized carbons (Fsp3) is 0.308. The van der Waals surface area contributed by atoms with Gasteiger partial charge < -0.3 is 10.1 Å². The highest BCUT2D eigenvalue weighted by molar-refractivity contribution is 6.33. The Morgan fingerprint density at radius 2 is 1.95 bits per heavy atom. The van der Waals surface area contributed by atoms with Gasteiger partial charge in [-0.15, -0.1) is 0 Å². The van der Waals surface area contributed by atoms with Crippen molar-refractivity contribution in [3.05, 3.63) is 34.9 Å². The molecule has 0 saturated carbocycles. The minimum Gasteiger partial charge on any atom is -0.452 e. The summed E-state index contributed by atoms with van der Waals surface area (Å²) < 4.78 is 4.76. The Bertz CT molecular complexity index is 505.